The first-order chi connectivity index (χ1) is 9.76. The van der Waals surface area contributed by atoms with Crippen molar-refractivity contribution in [2.24, 2.45) is 0 Å². The van der Waals surface area contributed by atoms with Crippen molar-refractivity contribution in [3.05, 3.63) is 24.1 Å². The molecule has 106 valence electrons. The van der Waals surface area contributed by atoms with Crippen molar-refractivity contribution < 1.29 is 18.7 Å². The van der Waals surface area contributed by atoms with Gasteiger partial charge in [-0.15, -0.1) is 0 Å². The molecule has 0 saturated carbocycles. The average Bonchev–Trinajstić information content (AvgIpc) is 2.89. The Morgan fingerprint density at radius 3 is 2.95 bits per heavy atom. The second-order valence-corrected chi connectivity index (χ2v) is 4.61. The van der Waals surface area contributed by atoms with E-state index in [1.54, 1.807) is 30.2 Å². The van der Waals surface area contributed by atoms with Gasteiger partial charge >= 0.3 is 0 Å². The minimum atomic E-state index is 0.0202. The molecule has 20 heavy (non-hydrogen) atoms. The molecule has 1 aromatic heterocycles. The molecule has 1 aliphatic rings. The van der Waals surface area contributed by atoms with E-state index in [2.05, 4.69) is 4.98 Å². The second-order valence-electron chi connectivity index (χ2n) is 4.61. The zero-order valence-electron chi connectivity index (χ0n) is 11.3. The van der Waals surface area contributed by atoms with Crippen LogP contribution in [0.3, 0.4) is 0 Å². The third kappa shape index (κ3) is 2.60. The zero-order valence-corrected chi connectivity index (χ0v) is 11.3. The highest BCUT2D eigenvalue weighted by Gasteiger charge is 2.19. The predicted molar refractivity (Wildman–Crippen MR) is 71.7 cm³/mol. The molecule has 6 heteroatoms. The van der Waals surface area contributed by atoms with E-state index in [1.807, 2.05) is 0 Å². The number of ether oxygens (including phenoxy) is 2. The van der Waals surface area contributed by atoms with Crippen molar-refractivity contribution in [1.29, 1.82) is 0 Å². The first-order valence-corrected chi connectivity index (χ1v) is 6.55. The third-order valence-corrected chi connectivity index (χ3v) is 3.31. The molecule has 0 bridgehead atoms. The molecule has 1 fully saturated rings. The van der Waals surface area contributed by atoms with Crippen molar-refractivity contribution >= 4 is 17.0 Å². The molecular weight excluding hydrogens is 260 g/mol. The summed E-state index contributed by atoms with van der Waals surface area (Å²) in [6.07, 6.45) is 0.178. The van der Waals surface area contributed by atoms with Crippen LogP contribution in [0, 0.1) is 0 Å². The maximum absolute atomic E-state index is 12.1. The Bertz CT molecular complexity index is 617. The van der Waals surface area contributed by atoms with Gasteiger partial charge in [0.2, 0.25) is 11.8 Å². The third-order valence-electron chi connectivity index (χ3n) is 3.31. The number of amides is 1. The number of morpholine rings is 1. The van der Waals surface area contributed by atoms with Crippen LogP contribution < -0.4 is 4.74 Å². The van der Waals surface area contributed by atoms with Crippen molar-refractivity contribution in [3.8, 4) is 5.75 Å². The lowest BCUT2D eigenvalue weighted by molar-refractivity contribution is -0.134. The van der Waals surface area contributed by atoms with Crippen LogP contribution >= 0.6 is 0 Å². The summed E-state index contributed by atoms with van der Waals surface area (Å²) in [5.74, 6) is 1.17. The van der Waals surface area contributed by atoms with Gasteiger partial charge in [-0.05, 0) is 12.1 Å². The second kappa shape index (κ2) is 5.50. The molecule has 1 saturated heterocycles. The summed E-state index contributed by atoms with van der Waals surface area (Å²) in [5, 5.41) is 0. The molecule has 0 atom stereocenters. The lowest BCUT2D eigenvalue weighted by atomic mass is 10.3. The molecule has 1 aromatic carbocycles. The number of carbonyl (C=O) groups excluding carboxylic acids is 1. The summed E-state index contributed by atoms with van der Waals surface area (Å²) in [4.78, 5) is 18.2. The molecule has 1 aliphatic heterocycles. The lowest BCUT2D eigenvalue weighted by Gasteiger charge is -2.26. The largest absolute Gasteiger partial charge is 0.497 e. The first kappa shape index (κ1) is 12.9. The summed E-state index contributed by atoms with van der Waals surface area (Å²) < 4.78 is 15.9. The fourth-order valence-corrected chi connectivity index (χ4v) is 2.21. The smallest absolute Gasteiger partial charge is 0.232 e. The van der Waals surface area contributed by atoms with Crippen LogP contribution in [-0.4, -0.2) is 49.2 Å². The van der Waals surface area contributed by atoms with Crippen LogP contribution in [0.4, 0.5) is 0 Å². The quantitative estimate of drug-likeness (QED) is 0.844. The number of rotatable bonds is 3. The Hall–Kier alpha value is -2.08. The number of carbonyl (C=O) groups is 1. The summed E-state index contributed by atoms with van der Waals surface area (Å²) >= 11 is 0. The number of benzene rings is 1. The number of hydrogen-bond acceptors (Lipinski definition) is 5. The van der Waals surface area contributed by atoms with Crippen molar-refractivity contribution in [3.63, 3.8) is 0 Å². The fraction of sp³-hybridized carbons (Fsp3) is 0.429. The highest BCUT2D eigenvalue weighted by molar-refractivity contribution is 5.80. The van der Waals surface area contributed by atoms with E-state index >= 15 is 0 Å². The minimum absolute atomic E-state index is 0.0202. The van der Waals surface area contributed by atoms with Gasteiger partial charge in [-0.2, -0.15) is 0 Å². The Morgan fingerprint density at radius 1 is 1.40 bits per heavy atom. The SMILES string of the molecule is COc1ccc2oc(CC(=O)N3CCOCC3)nc2c1. The van der Waals surface area contributed by atoms with Crippen LogP contribution in [0.25, 0.3) is 11.1 Å². The van der Waals surface area contributed by atoms with Crippen LogP contribution in [0.1, 0.15) is 5.89 Å². The van der Waals surface area contributed by atoms with E-state index in [4.69, 9.17) is 13.9 Å². The van der Waals surface area contributed by atoms with E-state index in [0.717, 1.165) is 5.75 Å². The predicted octanol–water partition coefficient (Wildman–Crippen LogP) is 1.24. The number of hydrogen-bond donors (Lipinski definition) is 0. The number of nitrogens with zero attached hydrogens (tertiary/aromatic N) is 2. The van der Waals surface area contributed by atoms with Crippen molar-refractivity contribution in [2.75, 3.05) is 33.4 Å². The standard InChI is InChI=1S/C14H16N2O4/c1-18-10-2-3-12-11(8-10)15-13(20-12)9-14(17)16-4-6-19-7-5-16/h2-3,8H,4-7,9H2,1H3. The minimum Gasteiger partial charge on any atom is -0.497 e. The lowest BCUT2D eigenvalue weighted by Crippen LogP contribution is -2.41. The van der Waals surface area contributed by atoms with Gasteiger partial charge in [0.15, 0.2) is 5.58 Å². The van der Waals surface area contributed by atoms with Gasteiger partial charge in [0, 0.05) is 19.2 Å². The number of fused-ring (bicyclic) bond motifs is 1. The molecule has 0 N–H and O–H groups in total. The molecule has 2 heterocycles. The van der Waals surface area contributed by atoms with E-state index in [-0.39, 0.29) is 12.3 Å². The summed E-state index contributed by atoms with van der Waals surface area (Å²) in [5.41, 5.74) is 1.37. The first-order valence-electron chi connectivity index (χ1n) is 6.55. The van der Waals surface area contributed by atoms with Crippen LogP contribution in [0.2, 0.25) is 0 Å². The van der Waals surface area contributed by atoms with Gasteiger partial charge in [0.1, 0.15) is 17.7 Å². The Kier molecular flexibility index (Phi) is 3.56. The topological polar surface area (TPSA) is 64.8 Å². The van der Waals surface area contributed by atoms with Gasteiger partial charge in [-0.3, -0.25) is 4.79 Å². The Labute approximate surface area is 116 Å². The van der Waals surface area contributed by atoms with E-state index in [1.165, 1.54) is 0 Å². The van der Waals surface area contributed by atoms with Crippen LogP contribution in [0.15, 0.2) is 22.6 Å². The molecule has 6 nitrogen and oxygen atoms in total. The maximum atomic E-state index is 12.1. The van der Waals surface area contributed by atoms with Crippen molar-refractivity contribution in [2.45, 2.75) is 6.42 Å². The number of aromatic nitrogens is 1. The fourth-order valence-electron chi connectivity index (χ4n) is 2.21. The molecule has 0 aliphatic carbocycles. The molecule has 0 unspecified atom stereocenters. The van der Waals surface area contributed by atoms with Gasteiger partial charge in [0.05, 0.1) is 20.3 Å². The Morgan fingerprint density at radius 2 is 2.20 bits per heavy atom. The summed E-state index contributed by atoms with van der Waals surface area (Å²) in [6, 6.07) is 5.40. The zero-order chi connectivity index (χ0) is 13.9. The van der Waals surface area contributed by atoms with Crippen LogP contribution in [0.5, 0.6) is 5.75 Å². The van der Waals surface area contributed by atoms with E-state index < -0.39 is 0 Å². The molecule has 3 rings (SSSR count). The molecular formula is C14H16N2O4. The number of oxazole rings is 1. The number of methoxy groups -OCH3 is 1. The average molecular weight is 276 g/mol. The van der Waals surface area contributed by atoms with Crippen LogP contribution in [-0.2, 0) is 16.0 Å². The van der Waals surface area contributed by atoms with Crippen molar-refractivity contribution in [1.82, 2.24) is 9.88 Å². The van der Waals surface area contributed by atoms with Gasteiger partial charge in [-0.25, -0.2) is 4.98 Å². The van der Waals surface area contributed by atoms with Gasteiger partial charge in [0.25, 0.3) is 0 Å². The van der Waals surface area contributed by atoms with Gasteiger partial charge < -0.3 is 18.8 Å². The molecule has 0 radical (unpaired) electrons. The highest BCUT2D eigenvalue weighted by Crippen LogP contribution is 2.21. The highest BCUT2D eigenvalue weighted by atomic mass is 16.5. The van der Waals surface area contributed by atoms with E-state index in [0.29, 0.717) is 43.3 Å². The maximum Gasteiger partial charge on any atom is 0.232 e. The molecule has 2 aromatic rings. The van der Waals surface area contributed by atoms with E-state index in [9.17, 15) is 4.79 Å². The normalized spacial score (nSPS) is 15.6. The van der Waals surface area contributed by atoms with Gasteiger partial charge in [-0.1, -0.05) is 0 Å². The summed E-state index contributed by atoms with van der Waals surface area (Å²) in [7, 11) is 1.60. The monoisotopic (exact) mass is 276 g/mol. The summed E-state index contributed by atoms with van der Waals surface area (Å²) in [6.45, 7) is 2.45. The molecule has 0 spiro atoms. The molecule has 1 amide bonds. The Balaban J connectivity index is 1.75.